The third-order valence-electron chi connectivity index (χ3n) is 1.13. The standard InChI is InChI=1S/C6H10N2OS2/c1-11(9)4-5-3-10-6(2-7)8-5/h3H,2,4,7H2,1H3. The molecule has 1 aromatic heterocycles. The van der Waals surface area contributed by atoms with Crippen LogP contribution in [0.3, 0.4) is 0 Å². The van der Waals surface area contributed by atoms with E-state index in [-0.39, 0.29) is 0 Å². The van der Waals surface area contributed by atoms with Crippen LogP contribution in [0, 0.1) is 0 Å². The topological polar surface area (TPSA) is 56.0 Å². The van der Waals surface area contributed by atoms with Crippen molar-refractivity contribution in [1.82, 2.24) is 4.98 Å². The van der Waals surface area contributed by atoms with Crippen LogP contribution in [-0.2, 0) is 23.1 Å². The van der Waals surface area contributed by atoms with Gasteiger partial charge in [0, 0.05) is 29.0 Å². The van der Waals surface area contributed by atoms with Crippen molar-refractivity contribution in [2.75, 3.05) is 6.26 Å². The van der Waals surface area contributed by atoms with Gasteiger partial charge in [-0.2, -0.15) is 0 Å². The average molecular weight is 190 g/mol. The first kappa shape index (κ1) is 8.83. The number of nitrogens with zero attached hydrogens (tertiary/aromatic N) is 1. The number of aromatic nitrogens is 1. The molecule has 1 rings (SSSR count). The minimum absolute atomic E-state index is 0.473. The third-order valence-corrected chi connectivity index (χ3v) is 2.75. The molecule has 3 nitrogen and oxygen atoms in total. The molecule has 0 saturated carbocycles. The molecule has 0 aliphatic rings. The second-order valence-corrected chi connectivity index (χ2v) is 4.53. The first-order valence-electron chi connectivity index (χ1n) is 3.15. The van der Waals surface area contributed by atoms with Crippen LogP contribution in [0.2, 0.25) is 0 Å². The third kappa shape index (κ3) is 2.69. The van der Waals surface area contributed by atoms with Gasteiger partial charge in [-0.25, -0.2) is 4.98 Å². The lowest BCUT2D eigenvalue weighted by molar-refractivity contribution is 0.686. The molecule has 0 fully saturated rings. The largest absolute Gasteiger partial charge is 0.325 e. The molecule has 0 aliphatic carbocycles. The zero-order valence-electron chi connectivity index (χ0n) is 6.24. The molecule has 2 N–H and O–H groups in total. The molecule has 11 heavy (non-hydrogen) atoms. The van der Waals surface area contributed by atoms with Crippen molar-refractivity contribution < 1.29 is 4.21 Å². The molecule has 1 aromatic rings. The van der Waals surface area contributed by atoms with Crippen molar-refractivity contribution in [3.05, 3.63) is 16.1 Å². The van der Waals surface area contributed by atoms with Crippen LogP contribution in [0.5, 0.6) is 0 Å². The van der Waals surface area contributed by atoms with Crippen LogP contribution in [-0.4, -0.2) is 15.4 Å². The highest BCUT2D eigenvalue weighted by Crippen LogP contribution is 2.09. The van der Waals surface area contributed by atoms with E-state index in [2.05, 4.69) is 4.98 Å². The molecular formula is C6H10N2OS2. The quantitative estimate of drug-likeness (QED) is 0.754. The molecule has 0 saturated heterocycles. The Bertz CT molecular complexity index is 259. The van der Waals surface area contributed by atoms with E-state index in [4.69, 9.17) is 5.73 Å². The van der Waals surface area contributed by atoms with Crippen LogP contribution in [0.25, 0.3) is 0 Å². The summed E-state index contributed by atoms with van der Waals surface area (Å²) in [5, 5.41) is 2.81. The maximum Gasteiger partial charge on any atom is 0.106 e. The lowest BCUT2D eigenvalue weighted by Crippen LogP contribution is -1.97. The van der Waals surface area contributed by atoms with Crippen molar-refractivity contribution in [3.63, 3.8) is 0 Å². The summed E-state index contributed by atoms with van der Waals surface area (Å²) in [6.45, 7) is 0.473. The molecule has 5 heteroatoms. The van der Waals surface area contributed by atoms with Crippen LogP contribution in [0.4, 0.5) is 0 Å². The van der Waals surface area contributed by atoms with Gasteiger partial charge in [-0.05, 0) is 0 Å². The van der Waals surface area contributed by atoms with E-state index in [1.54, 1.807) is 6.26 Å². The van der Waals surface area contributed by atoms with E-state index >= 15 is 0 Å². The molecule has 0 aromatic carbocycles. The molecule has 1 atom stereocenters. The van der Waals surface area contributed by atoms with Crippen molar-refractivity contribution in [2.45, 2.75) is 12.3 Å². The van der Waals surface area contributed by atoms with Gasteiger partial charge >= 0.3 is 0 Å². The maximum absolute atomic E-state index is 10.8. The fourth-order valence-corrected chi connectivity index (χ4v) is 2.06. The Kier molecular flexibility index (Phi) is 3.16. The van der Waals surface area contributed by atoms with Gasteiger partial charge in [-0.1, -0.05) is 0 Å². The van der Waals surface area contributed by atoms with Gasteiger partial charge in [0.1, 0.15) is 5.01 Å². The molecule has 0 aliphatic heterocycles. The fourth-order valence-electron chi connectivity index (χ4n) is 0.717. The smallest absolute Gasteiger partial charge is 0.106 e. The van der Waals surface area contributed by atoms with Crippen molar-refractivity contribution in [1.29, 1.82) is 0 Å². The Hall–Kier alpha value is -0.260. The number of hydrogen-bond acceptors (Lipinski definition) is 4. The molecule has 0 spiro atoms. The molecule has 0 amide bonds. The summed E-state index contributed by atoms with van der Waals surface area (Å²) in [7, 11) is -0.802. The zero-order valence-corrected chi connectivity index (χ0v) is 7.87. The summed E-state index contributed by atoms with van der Waals surface area (Å²) in [5.41, 5.74) is 6.25. The highest BCUT2D eigenvalue weighted by Gasteiger charge is 2.01. The van der Waals surface area contributed by atoms with Gasteiger partial charge < -0.3 is 5.73 Å². The van der Waals surface area contributed by atoms with Crippen molar-refractivity contribution >= 4 is 22.1 Å². The summed E-state index contributed by atoms with van der Waals surface area (Å²) in [5.74, 6) is 0.538. The predicted molar refractivity (Wildman–Crippen MR) is 47.8 cm³/mol. The molecule has 0 bridgehead atoms. The molecule has 0 radical (unpaired) electrons. The summed E-state index contributed by atoms with van der Waals surface area (Å²) < 4.78 is 10.8. The van der Waals surface area contributed by atoms with E-state index in [0.717, 1.165) is 10.7 Å². The number of hydrogen-bond donors (Lipinski definition) is 1. The van der Waals surface area contributed by atoms with Crippen LogP contribution in [0.15, 0.2) is 5.38 Å². The second kappa shape index (κ2) is 3.94. The van der Waals surface area contributed by atoms with Crippen LogP contribution in [0.1, 0.15) is 10.7 Å². The predicted octanol–water partition coefficient (Wildman–Crippen LogP) is 0.480. The monoisotopic (exact) mass is 190 g/mol. The van der Waals surface area contributed by atoms with Gasteiger partial charge in [-0.15, -0.1) is 11.3 Å². The van der Waals surface area contributed by atoms with Crippen molar-refractivity contribution in [2.24, 2.45) is 5.73 Å². The van der Waals surface area contributed by atoms with Gasteiger partial charge in [0.2, 0.25) is 0 Å². The average Bonchev–Trinajstić information content (AvgIpc) is 2.34. The Morgan fingerprint density at radius 1 is 1.82 bits per heavy atom. The minimum Gasteiger partial charge on any atom is -0.325 e. The lowest BCUT2D eigenvalue weighted by atomic mass is 10.6. The number of nitrogens with two attached hydrogens (primary N) is 1. The first-order chi connectivity index (χ1) is 5.22. The molecule has 1 heterocycles. The Morgan fingerprint density at radius 3 is 3.00 bits per heavy atom. The molecule has 1 unspecified atom stereocenters. The highest BCUT2D eigenvalue weighted by atomic mass is 32.2. The van der Waals surface area contributed by atoms with Gasteiger partial charge in [0.15, 0.2) is 0 Å². The van der Waals surface area contributed by atoms with E-state index < -0.39 is 10.8 Å². The Balaban J connectivity index is 2.65. The Morgan fingerprint density at radius 2 is 2.55 bits per heavy atom. The molecular weight excluding hydrogens is 180 g/mol. The number of rotatable bonds is 3. The number of thiazole rings is 1. The molecule has 62 valence electrons. The Labute approximate surface area is 72.1 Å². The van der Waals surface area contributed by atoms with Gasteiger partial charge in [0.25, 0.3) is 0 Å². The fraction of sp³-hybridized carbons (Fsp3) is 0.500. The zero-order chi connectivity index (χ0) is 8.27. The summed E-state index contributed by atoms with van der Waals surface area (Å²) in [6.07, 6.45) is 1.67. The van der Waals surface area contributed by atoms with Gasteiger partial charge in [-0.3, -0.25) is 4.21 Å². The summed E-state index contributed by atoms with van der Waals surface area (Å²) in [6, 6.07) is 0. The SMILES string of the molecule is CS(=O)Cc1csc(CN)n1. The minimum atomic E-state index is -0.802. The second-order valence-electron chi connectivity index (χ2n) is 2.15. The summed E-state index contributed by atoms with van der Waals surface area (Å²) >= 11 is 1.52. The van der Waals surface area contributed by atoms with E-state index in [1.165, 1.54) is 11.3 Å². The normalized spacial score (nSPS) is 13.3. The van der Waals surface area contributed by atoms with Crippen LogP contribution < -0.4 is 5.73 Å². The lowest BCUT2D eigenvalue weighted by Gasteiger charge is -1.88. The van der Waals surface area contributed by atoms with Crippen molar-refractivity contribution in [3.8, 4) is 0 Å². The van der Waals surface area contributed by atoms with E-state index in [9.17, 15) is 4.21 Å². The first-order valence-corrected chi connectivity index (χ1v) is 5.76. The van der Waals surface area contributed by atoms with Crippen LogP contribution >= 0.6 is 11.3 Å². The van der Waals surface area contributed by atoms with Gasteiger partial charge in [0.05, 0.1) is 11.4 Å². The maximum atomic E-state index is 10.8. The summed E-state index contributed by atoms with van der Waals surface area (Å²) in [4.78, 5) is 4.17. The highest BCUT2D eigenvalue weighted by molar-refractivity contribution is 7.83. The van der Waals surface area contributed by atoms with E-state index in [0.29, 0.717) is 12.3 Å². The van der Waals surface area contributed by atoms with E-state index in [1.807, 2.05) is 5.38 Å².